The Morgan fingerprint density at radius 3 is 3.06 bits per heavy atom. The van der Waals surface area contributed by atoms with Crippen LogP contribution in [0.2, 0.25) is 0 Å². The number of rotatable bonds is 4. The van der Waals surface area contributed by atoms with Gasteiger partial charge in [0.15, 0.2) is 0 Å². The van der Waals surface area contributed by atoms with Crippen LogP contribution in [0.15, 0.2) is 24.1 Å². The molecule has 0 saturated carbocycles. The van der Waals surface area contributed by atoms with Crippen molar-refractivity contribution in [3.63, 3.8) is 0 Å². The van der Waals surface area contributed by atoms with Gasteiger partial charge < -0.3 is 14.7 Å². The molecule has 2 rings (SSSR count). The van der Waals surface area contributed by atoms with Gasteiger partial charge in [-0.25, -0.2) is 4.39 Å². The number of allylic oxidation sites excluding steroid dienone is 2. The summed E-state index contributed by atoms with van der Waals surface area (Å²) in [5.41, 5.74) is 0. The largest absolute Gasteiger partial charge is 0.394 e. The molecule has 2 aliphatic rings. The second kappa shape index (κ2) is 5.76. The normalized spacial score (nSPS) is 34.1. The van der Waals surface area contributed by atoms with Gasteiger partial charge in [0.25, 0.3) is 0 Å². The molecule has 3 unspecified atom stereocenters. The smallest absolute Gasteiger partial charge is 0.119 e. The number of hydrogen-bond acceptors (Lipinski definition) is 3. The van der Waals surface area contributed by atoms with E-state index in [0.717, 1.165) is 19.4 Å². The molecule has 1 aliphatic carbocycles. The molecular weight excluding hydrogens is 221 g/mol. The minimum Gasteiger partial charge on any atom is -0.394 e. The van der Waals surface area contributed by atoms with Crippen LogP contribution in [0.5, 0.6) is 0 Å². The SMILES string of the molecule is CN1CCCC1C1C=C(F)C=CC1OCCO. The molecule has 0 radical (unpaired) electrons. The summed E-state index contributed by atoms with van der Waals surface area (Å²) < 4.78 is 18.9. The fourth-order valence-corrected chi connectivity index (χ4v) is 2.76. The number of ether oxygens (including phenoxy) is 1. The molecule has 0 amide bonds. The minimum atomic E-state index is -0.181. The topological polar surface area (TPSA) is 32.7 Å². The third kappa shape index (κ3) is 2.94. The van der Waals surface area contributed by atoms with E-state index in [1.807, 2.05) is 0 Å². The predicted octanol–water partition coefficient (Wildman–Crippen LogP) is 1.50. The lowest BCUT2D eigenvalue weighted by atomic mass is 9.88. The molecule has 0 aromatic rings. The lowest BCUT2D eigenvalue weighted by molar-refractivity contribution is 0.0143. The van der Waals surface area contributed by atoms with E-state index in [9.17, 15) is 4.39 Å². The van der Waals surface area contributed by atoms with Gasteiger partial charge in [-0.05, 0) is 38.6 Å². The quantitative estimate of drug-likeness (QED) is 0.809. The average Bonchev–Trinajstić information content (AvgIpc) is 2.74. The molecule has 0 aromatic carbocycles. The highest BCUT2D eigenvalue weighted by molar-refractivity contribution is 5.23. The van der Waals surface area contributed by atoms with E-state index >= 15 is 0 Å². The van der Waals surface area contributed by atoms with Gasteiger partial charge in [0.1, 0.15) is 5.83 Å². The first-order chi connectivity index (χ1) is 8.22. The molecule has 0 spiro atoms. The van der Waals surface area contributed by atoms with E-state index in [2.05, 4.69) is 11.9 Å². The summed E-state index contributed by atoms with van der Waals surface area (Å²) >= 11 is 0. The predicted molar refractivity (Wildman–Crippen MR) is 64.3 cm³/mol. The number of aliphatic hydroxyl groups excluding tert-OH is 1. The van der Waals surface area contributed by atoms with Gasteiger partial charge in [-0.1, -0.05) is 6.08 Å². The zero-order valence-corrected chi connectivity index (χ0v) is 10.2. The molecule has 1 heterocycles. The molecule has 1 aliphatic heterocycles. The van der Waals surface area contributed by atoms with Gasteiger partial charge in [0.2, 0.25) is 0 Å². The van der Waals surface area contributed by atoms with E-state index in [4.69, 9.17) is 9.84 Å². The lowest BCUT2D eigenvalue weighted by Crippen LogP contribution is -2.39. The molecule has 4 heteroatoms. The number of aliphatic hydroxyl groups is 1. The summed E-state index contributed by atoms with van der Waals surface area (Å²) in [6, 6.07) is 0.342. The lowest BCUT2D eigenvalue weighted by Gasteiger charge is -2.33. The third-order valence-corrected chi connectivity index (χ3v) is 3.60. The Kier molecular flexibility index (Phi) is 4.31. The van der Waals surface area contributed by atoms with Crippen LogP contribution in [0.25, 0.3) is 0 Å². The maximum absolute atomic E-state index is 13.4. The summed E-state index contributed by atoms with van der Waals surface area (Å²) in [6.45, 7) is 1.37. The van der Waals surface area contributed by atoms with Gasteiger partial charge in [-0.15, -0.1) is 0 Å². The summed E-state index contributed by atoms with van der Waals surface area (Å²) in [6.07, 6.45) is 7.00. The van der Waals surface area contributed by atoms with Crippen LogP contribution in [-0.4, -0.2) is 49.0 Å². The first kappa shape index (κ1) is 12.7. The highest BCUT2D eigenvalue weighted by Gasteiger charge is 2.34. The van der Waals surface area contributed by atoms with Gasteiger partial charge in [-0.3, -0.25) is 0 Å². The number of halogens is 1. The van der Waals surface area contributed by atoms with Crippen LogP contribution in [0, 0.1) is 5.92 Å². The van der Waals surface area contributed by atoms with Crippen molar-refractivity contribution in [2.45, 2.75) is 25.0 Å². The van der Waals surface area contributed by atoms with Crippen molar-refractivity contribution in [1.82, 2.24) is 4.90 Å². The van der Waals surface area contributed by atoms with E-state index in [-0.39, 0.29) is 24.5 Å². The number of nitrogens with zero attached hydrogens (tertiary/aromatic N) is 1. The molecule has 3 nitrogen and oxygen atoms in total. The second-order valence-corrected chi connectivity index (χ2v) is 4.74. The molecule has 1 N–H and O–H groups in total. The average molecular weight is 241 g/mol. The van der Waals surface area contributed by atoms with Crippen LogP contribution in [0.4, 0.5) is 4.39 Å². The van der Waals surface area contributed by atoms with Crippen LogP contribution < -0.4 is 0 Å². The molecule has 0 aromatic heterocycles. The van der Waals surface area contributed by atoms with Crippen molar-refractivity contribution in [3.8, 4) is 0 Å². The van der Waals surface area contributed by atoms with Crippen molar-refractivity contribution in [1.29, 1.82) is 0 Å². The molecule has 3 atom stereocenters. The second-order valence-electron chi connectivity index (χ2n) is 4.74. The molecular formula is C13H20FNO2. The Balaban J connectivity index is 2.07. The van der Waals surface area contributed by atoms with E-state index in [1.165, 1.54) is 6.08 Å². The summed E-state index contributed by atoms with van der Waals surface area (Å²) in [7, 11) is 2.07. The Bertz CT molecular complexity index is 317. The Morgan fingerprint density at radius 2 is 2.41 bits per heavy atom. The Morgan fingerprint density at radius 1 is 1.59 bits per heavy atom. The molecule has 1 saturated heterocycles. The zero-order chi connectivity index (χ0) is 12.3. The molecule has 17 heavy (non-hydrogen) atoms. The van der Waals surface area contributed by atoms with Gasteiger partial charge in [0, 0.05) is 12.0 Å². The van der Waals surface area contributed by atoms with Crippen molar-refractivity contribution >= 4 is 0 Å². The zero-order valence-electron chi connectivity index (χ0n) is 10.2. The summed E-state index contributed by atoms with van der Waals surface area (Å²) in [5.74, 6) is -0.127. The maximum Gasteiger partial charge on any atom is 0.119 e. The van der Waals surface area contributed by atoms with Crippen LogP contribution in [0.1, 0.15) is 12.8 Å². The highest BCUT2D eigenvalue weighted by Crippen LogP contribution is 2.31. The van der Waals surface area contributed by atoms with Gasteiger partial charge in [0.05, 0.1) is 19.3 Å². The van der Waals surface area contributed by atoms with Gasteiger partial charge in [-0.2, -0.15) is 0 Å². The maximum atomic E-state index is 13.4. The van der Waals surface area contributed by atoms with E-state index < -0.39 is 0 Å². The van der Waals surface area contributed by atoms with Gasteiger partial charge >= 0.3 is 0 Å². The van der Waals surface area contributed by atoms with Crippen molar-refractivity contribution in [2.75, 3.05) is 26.8 Å². The first-order valence-corrected chi connectivity index (χ1v) is 6.20. The van der Waals surface area contributed by atoms with E-state index in [0.29, 0.717) is 12.6 Å². The van der Waals surface area contributed by atoms with Crippen molar-refractivity contribution in [3.05, 3.63) is 24.1 Å². The summed E-state index contributed by atoms with van der Waals surface area (Å²) in [4.78, 5) is 2.27. The highest BCUT2D eigenvalue weighted by atomic mass is 19.1. The fraction of sp³-hybridized carbons (Fsp3) is 0.692. The standard InChI is InChI=1S/C13H20FNO2/c1-15-6-2-3-12(15)11-9-10(14)4-5-13(11)17-8-7-16/h4-5,9,11-13,16H,2-3,6-8H2,1H3. The Hall–Kier alpha value is -0.710. The molecule has 96 valence electrons. The number of hydrogen-bond donors (Lipinski definition) is 1. The first-order valence-electron chi connectivity index (χ1n) is 6.20. The molecule has 1 fully saturated rings. The third-order valence-electron chi connectivity index (χ3n) is 3.60. The Labute approximate surface area is 102 Å². The van der Waals surface area contributed by atoms with Crippen LogP contribution >= 0.6 is 0 Å². The minimum absolute atomic E-state index is 0.00373. The van der Waals surface area contributed by atoms with Crippen LogP contribution in [-0.2, 0) is 4.74 Å². The van der Waals surface area contributed by atoms with Crippen LogP contribution in [0.3, 0.4) is 0 Å². The van der Waals surface area contributed by atoms with E-state index in [1.54, 1.807) is 12.2 Å². The summed E-state index contributed by atoms with van der Waals surface area (Å²) in [5, 5.41) is 8.80. The fourth-order valence-electron chi connectivity index (χ4n) is 2.76. The molecule has 0 bridgehead atoms. The van der Waals surface area contributed by atoms with Crippen molar-refractivity contribution < 1.29 is 14.2 Å². The monoisotopic (exact) mass is 241 g/mol. The van der Waals surface area contributed by atoms with Crippen molar-refractivity contribution in [2.24, 2.45) is 5.92 Å². The number of likely N-dealkylation sites (tertiary alicyclic amines) is 1.